The minimum atomic E-state index is -0.130. The van der Waals surface area contributed by atoms with E-state index in [-0.39, 0.29) is 38.6 Å². The normalized spacial score (nSPS) is 17.7. The molecule has 1 aromatic carbocycles. The first kappa shape index (κ1) is 24.1. The summed E-state index contributed by atoms with van der Waals surface area (Å²) < 4.78 is 1.48. The fourth-order valence-electron chi connectivity index (χ4n) is 4.56. The third-order valence-corrected chi connectivity index (χ3v) is 6.82. The largest absolute Gasteiger partial charge is 0.507 e. The molecular formula is C24H33N5O2S. The zero-order valence-electron chi connectivity index (χ0n) is 19.6. The van der Waals surface area contributed by atoms with Crippen molar-refractivity contribution >= 4 is 22.0 Å². The zero-order valence-corrected chi connectivity index (χ0v) is 20.4. The maximum absolute atomic E-state index is 11.9. The Labute approximate surface area is 193 Å². The molecular weight excluding hydrogens is 422 g/mol. The van der Waals surface area contributed by atoms with Crippen LogP contribution in [0.4, 0.5) is 0 Å². The number of nitrogens with one attached hydrogen (secondary N) is 3. The summed E-state index contributed by atoms with van der Waals surface area (Å²) >= 11 is 1.03. The lowest BCUT2D eigenvalue weighted by Crippen LogP contribution is -2.62. The number of pyridine rings is 1. The highest BCUT2D eigenvalue weighted by Gasteiger charge is 2.39. The molecule has 1 aliphatic heterocycles. The number of benzene rings is 1. The van der Waals surface area contributed by atoms with Crippen LogP contribution in [0.1, 0.15) is 46.1 Å². The lowest BCUT2D eigenvalue weighted by molar-refractivity contribution is 0.114. The van der Waals surface area contributed by atoms with Gasteiger partial charge in [-0.2, -0.15) is 0 Å². The predicted molar refractivity (Wildman–Crippen MR) is 133 cm³/mol. The number of amidine groups is 1. The number of hydrogen-bond donors (Lipinski definition) is 4. The average molecular weight is 456 g/mol. The quantitative estimate of drug-likeness (QED) is 0.414. The van der Waals surface area contributed by atoms with Gasteiger partial charge in [0.15, 0.2) is 5.17 Å². The highest BCUT2D eigenvalue weighted by atomic mass is 32.2. The third kappa shape index (κ3) is 5.42. The Bertz CT molecular complexity index is 1090. The molecule has 0 amide bonds. The van der Waals surface area contributed by atoms with Gasteiger partial charge in [-0.05, 0) is 81.6 Å². The van der Waals surface area contributed by atoms with Crippen LogP contribution in [0.25, 0.3) is 11.1 Å². The molecule has 1 fully saturated rings. The molecule has 2 aromatic rings. The molecule has 32 heavy (non-hydrogen) atoms. The fourth-order valence-corrected chi connectivity index (χ4v) is 5.33. The number of phenolic OH excluding ortho intramolecular Hbond substituents is 1. The topological polar surface area (TPSA) is 105 Å². The number of rotatable bonds is 3. The van der Waals surface area contributed by atoms with Crippen molar-refractivity contribution in [2.45, 2.75) is 57.7 Å². The van der Waals surface area contributed by atoms with Crippen molar-refractivity contribution in [1.82, 2.24) is 14.8 Å². The van der Waals surface area contributed by atoms with Gasteiger partial charge in [-0.15, -0.1) is 0 Å². The fraction of sp³-hybridized carbons (Fsp3) is 0.458. The van der Waals surface area contributed by atoms with Crippen LogP contribution in [0.2, 0.25) is 0 Å². The summed E-state index contributed by atoms with van der Waals surface area (Å²) in [6.07, 6.45) is 3.49. The standard InChI is InChI=1S/C24H33N5O2S/c1-23(2)13-17(14-24(3,4)27-23)29(6)22(26)32-21(25)18-8-7-15(11-19(18)30)16-9-10-28(5)20(31)12-16/h7-12,17,25-27,30H,13-14H2,1-6H3. The Morgan fingerprint density at radius 3 is 2.28 bits per heavy atom. The third-order valence-electron chi connectivity index (χ3n) is 5.92. The Balaban J connectivity index is 1.73. The highest BCUT2D eigenvalue weighted by Crippen LogP contribution is 2.33. The number of nitrogens with zero attached hydrogens (tertiary/aromatic N) is 2. The molecule has 7 nitrogen and oxygen atoms in total. The van der Waals surface area contributed by atoms with Crippen molar-refractivity contribution < 1.29 is 5.11 Å². The molecule has 3 rings (SSSR count). The van der Waals surface area contributed by atoms with Gasteiger partial charge in [0.2, 0.25) is 0 Å². The van der Waals surface area contributed by atoms with Gasteiger partial charge in [0, 0.05) is 49.0 Å². The first-order valence-electron chi connectivity index (χ1n) is 10.7. The Hall–Kier alpha value is -2.58. The maximum atomic E-state index is 11.9. The van der Waals surface area contributed by atoms with Crippen LogP contribution in [0.5, 0.6) is 5.75 Å². The molecule has 0 spiro atoms. The first-order chi connectivity index (χ1) is 14.8. The maximum Gasteiger partial charge on any atom is 0.250 e. The smallest absolute Gasteiger partial charge is 0.250 e. The number of aryl methyl sites for hydroxylation is 1. The van der Waals surface area contributed by atoms with E-state index in [0.717, 1.165) is 24.6 Å². The van der Waals surface area contributed by atoms with E-state index in [0.29, 0.717) is 16.7 Å². The predicted octanol–water partition coefficient (Wildman–Crippen LogP) is 3.99. The molecule has 0 aliphatic carbocycles. The molecule has 0 unspecified atom stereocenters. The van der Waals surface area contributed by atoms with Gasteiger partial charge in [0.1, 0.15) is 10.8 Å². The molecule has 172 valence electrons. The number of piperidine rings is 1. The summed E-state index contributed by atoms with van der Waals surface area (Å²) in [6, 6.07) is 8.52. The van der Waals surface area contributed by atoms with Gasteiger partial charge in [0.05, 0.1) is 0 Å². The van der Waals surface area contributed by atoms with Crippen molar-refractivity contribution in [2.24, 2.45) is 7.05 Å². The van der Waals surface area contributed by atoms with Gasteiger partial charge < -0.3 is 19.9 Å². The second kappa shape index (κ2) is 8.75. The van der Waals surface area contributed by atoms with Crippen molar-refractivity contribution in [1.29, 1.82) is 10.8 Å². The zero-order chi connectivity index (χ0) is 23.8. The number of aromatic hydroxyl groups is 1. The van der Waals surface area contributed by atoms with E-state index < -0.39 is 0 Å². The molecule has 1 aliphatic rings. The summed E-state index contributed by atoms with van der Waals surface area (Å²) in [6.45, 7) is 8.71. The van der Waals surface area contributed by atoms with E-state index in [1.54, 1.807) is 31.4 Å². The number of aromatic nitrogens is 1. The Morgan fingerprint density at radius 1 is 1.12 bits per heavy atom. The summed E-state index contributed by atoms with van der Waals surface area (Å²) in [7, 11) is 3.59. The van der Waals surface area contributed by atoms with Crippen molar-refractivity contribution in [2.75, 3.05) is 7.05 Å². The van der Waals surface area contributed by atoms with E-state index in [2.05, 4.69) is 33.0 Å². The second-order valence-corrected chi connectivity index (χ2v) is 10.9. The average Bonchev–Trinajstić information content (AvgIpc) is 2.66. The van der Waals surface area contributed by atoms with Crippen LogP contribution in [-0.4, -0.2) is 49.0 Å². The highest BCUT2D eigenvalue weighted by molar-refractivity contribution is 8.26. The van der Waals surface area contributed by atoms with Gasteiger partial charge >= 0.3 is 0 Å². The minimum Gasteiger partial charge on any atom is -0.507 e. The van der Waals surface area contributed by atoms with Crippen molar-refractivity contribution in [3.8, 4) is 16.9 Å². The molecule has 8 heteroatoms. The molecule has 0 atom stereocenters. The van der Waals surface area contributed by atoms with Crippen LogP contribution in [0.3, 0.4) is 0 Å². The van der Waals surface area contributed by atoms with Crippen LogP contribution in [0, 0.1) is 10.8 Å². The molecule has 1 saturated heterocycles. The van der Waals surface area contributed by atoms with E-state index in [1.165, 1.54) is 10.6 Å². The second-order valence-electron chi connectivity index (χ2n) is 9.90. The minimum absolute atomic E-state index is 0.0360. The van der Waals surface area contributed by atoms with Crippen molar-refractivity contribution in [3.63, 3.8) is 0 Å². The van der Waals surface area contributed by atoms with Gasteiger partial charge in [-0.1, -0.05) is 6.07 Å². The van der Waals surface area contributed by atoms with Gasteiger partial charge in [-0.3, -0.25) is 15.6 Å². The first-order valence-corrected chi connectivity index (χ1v) is 11.5. The molecule has 0 radical (unpaired) electrons. The number of phenols is 1. The van der Waals surface area contributed by atoms with Crippen LogP contribution in [0.15, 0.2) is 41.3 Å². The Kier molecular flexibility index (Phi) is 6.58. The molecule has 1 aromatic heterocycles. The summed E-state index contributed by atoms with van der Waals surface area (Å²) in [4.78, 5) is 13.8. The molecule has 0 saturated carbocycles. The summed E-state index contributed by atoms with van der Waals surface area (Å²) in [5.74, 6) is -0.0414. The summed E-state index contributed by atoms with van der Waals surface area (Å²) in [5, 5.41) is 31.6. The summed E-state index contributed by atoms with van der Waals surface area (Å²) in [5.41, 5.74) is 1.57. The van der Waals surface area contributed by atoms with Crippen LogP contribution < -0.4 is 10.9 Å². The molecule has 4 N–H and O–H groups in total. The monoisotopic (exact) mass is 455 g/mol. The van der Waals surface area contributed by atoms with E-state index in [4.69, 9.17) is 10.8 Å². The van der Waals surface area contributed by atoms with Gasteiger partial charge in [-0.25, -0.2) is 0 Å². The molecule has 0 bridgehead atoms. The lowest BCUT2D eigenvalue weighted by Gasteiger charge is -2.49. The number of thioether (sulfide) groups is 1. The van der Waals surface area contributed by atoms with E-state index >= 15 is 0 Å². The van der Waals surface area contributed by atoms with Crippen molar-refractivity contribution in [3.05, 3.63) is 52.4 Å². The lowest BCUT2D eigenvalue weighted by atomic mass is 9.79. The Morgan fingerprint density at radius 2 is 1.72 bits per heavy atom. The van der Waals surface area contributed by atoms with Crippen LogP contribution in [-0.2, 0) is 7.05 Å². The molecule has 2 heterocycles. The van der Waals surface area contributed by atoms with E-state index in [1.807, 2.05) is 18.0 Å². The van der Waals surface area contributed by atoms with E-state index in [9.17, 15) is 9.90 Å². The number of hydrogen-bond acceptors (Lipinski definition) is 6. The SMILES string of the molecule is CN(C(=N)SC(=N)c1ccc(-c2ccn(C)c(=O)c2)cc1O)C1CC(C)(C)NC(C)(C)C1. The van der Waals surface area contributed by atoms with Gasteiger partial charge in [0.25, 0.3) is 5.56 Å². The van der Waals surface area contributed by atoms with Crippen LogP contribution >= 0.6 is 11.8 Å².